The van der Waals surface area contributed by atoms with Gasteiger partial charge in [-0.25, -0.2) is 0 Å². The van der Waals surface area contributed by atoms with Gasteiger partial charge in [-0.15, -0.1) is 12.6 Å². The number of benzene rings is 3. The van der Waals surface area contributed by atoms with E-state index in [2.05, 4.69) is 24.0 Å². The van der Waals surface area contributed by atoms with Gasteiger partial charge in [0.1, 0.15) is 0 Å². The molecule has 0 fully saturated rings. The molecule has 0 bridgehead atoms. The molecule has 160 valence electrons. The molecule has 3 aromatic rings. The summed E-state index contributed by atoms with van der Waals surface area (Å²) in [6.07, 6.45) is -0.833. The van der Waals surface area contributed by atoms with Crippen LogP contribution in [-0.4, -0.2) is 21.8 Å². The van der Waals surface area contributed by atoms with E-state index in [0.717, 1.165) is 11.1 Å². The molecular weight excluding hydrogens is 446 g/mol. The van der Waals surface area contributed by atoms with Gasteiger partial charge < -0.3 is 15.3 Å². The van der Waals surface area contributed by atoms with Gasteiger partial charge in [0.05, 0.1) is 29.3 Å². The van der Waals surface area contributed by atoms with E-state index in [0.29, 0.717) is 27.6 Å². The molecule has 1 heterocycles. The van der Waals surface area contributed by atoms with Gasteiger partial charge in [0.15, 0.2) is 6.23 Å². The molecule has 0 aromatic heterocycles. The number of aliphatic hydroxyl groups is 1. The standard InChI is InChI=1S/C24H18ClN3O3S/c25-16-8-9-20(32)18(12-16)22(29)27-19-3-1-2-17-21(19)24(31)28(23(17)30)13-15-6-4-14(5-7-15)10-11-26/h1-9,12,23,30,32H,10,13H2,(H,27,29). The summed E-state index contributed by atoms with van der Waals surface area (Å²) in [5, 5.41) is 22.7. The third-order valence-electron chi connectivity index (χ3n) is 5.26. The van der Waals surface area contributed by atoms with Crippen molar-refractivity contribution < 1.29 is 14.7 Å². The number of rotatable bonds is 5. The van der Waals surface area contributed by atoms with E-state index < -0.39 is 12.1 Å². The number of anilines is 1. The first kappa shape index (κ1) is 21.9. The van der Waals surface area contributed by atoms with Gasteiger partial charge in [-0.05, 0) is 35.4 Å². The van der Waals surface area contributed by atoms with Gasteiger partial charge in [0, 0.05) is 22.0 Å². The largest absolute Gasteiger partial charge is 0.369 e. The van der Waals surface area contributed by atoms with Gasteiger partial charge in [-0.3, -0.25) is 9.59 Å². The molecule has 0 saturated carbocycles. The second kappa shape index (κ2) is 9.05. The van der Waals surface area contributed by atoms with Crippen LogP contribution in [0.3, 0.4) is 0 Å². The Morgan fingerprint density at radius 3 is 2.59 bits per heavy atom. The Morgan fingerprint density at radius 1 is 1.16 bits per heavy atom. The summed E-state index contributed by atoms with van der Waals surface area (Å²) in [5.41, 5.74) is 2.94. The summed E-state index contributed by atoms with van der Waals surface area (Å²) in [6, 6.07) is 19.1. The minimum Gasteiger partial charge on any atom is -0.369 e. The second-order valence-corrected chi connectivity index (χ2v) is 8.26. The Bertz CT molecular complexity index is 1250. The highest BCUT2D eigenvalue weighted by atomic mass is 35.5. The molecule has 4 rings (SSSR count). The van der Waals surface area contributed by atoms with Crippen LogP contribution in [0.5, 0.6) is 0 Å². The molecule has 1 unspecified atom stereocenters. The van der Waals surface area contributed by atoms with E-state index in [1.807, 2.05) is 24.3 Å². The number of fused-ring (bicyclic) bond motifs is 1. The molecule has 0 spiro atoms. The minimum absolute atomic E-state index is 0.185. The molecule has 6 nitrogen and oxygen atoms in total. The van der Waals surface area contributed by atoms with Crippen LogP contribution in [0.25, 0.3) is 0 Å². The van der Waals surface area contributed by atoms with Crippen molar-refractivity contribution in [1.82, 2.24) is 4.90 Å². The third kappa shape index (κ3) is 4.21. The molecule has 3 aromatic carbocycles. The maximum atomic E-state index is 13.2. The lowest BCUT2D eigenvalue weighted by Crippen LogP contribution is -2.27. The SMILES string of the molecule is N#CCc1ccc(CN2C(=O)c3c(NC(=O)c4cc(Cl)ccc4S)cccc3C2O)cc1. The fraction of sp³-hybridized carbons (Fsp3) is 0.125. The summed E-state index contributed by atoms with van der Waals surface area (Å²) < 4.78 is 0. The second-order valence-electron chi connectivity index (χ2n) is 7.34. The van der Waals surface area contributed by atoms with E-state index >= 15 is 0 Å². The van der Waals surface area contributed by atoms with Crippen LogP contribution < -0.4 is 5.32 Å². The average molecular weight is 464 g/mol. The van der Waals surface area contributed by atoms with Crippen molar-refractivity contribution in [2.75, 3.05) is 5.32 Å². The molecular formula is C24H18ClN3O3S. The molecule has 2 N–H and O–H groups in total. The number of nitrogens with one attached hydrogen (secondary N) is 1. The van der Waals surface area contributed by atoms with E-state index in [4.69, 9.17) is 16.9 Å². The summed E-state index contributed by atoms with van der Waals surface area (Å²) >= 11 is 10.3. The zero-order valence-electron chi connectivity index (χ0n) is 16.7. The highest BCUT2D eigenvalue weighted by molar-refractivity contribution is 7.80. The Morgan fingerprint density at radius 2 is 1.88 bits per heavy atom. The van der Waals surface area contributed by atoms with Gasteiger partial charge in [-0.2, -0.15) is 5.26 Å². The minimum atomic E-state index is -1.14. The van der Waals surface area contributed by atoms with Gasteiger partial charge in [-0.1, -0.05) is 48.0 Å². The van der Waals surface area contributed by atoms with Crippen LogP contribution in [0.4, 0.5) is 5.69 Å². The van der Waals surface area contributed by atoms with Crippen LogP contribution in [0, 0.1) is 11.3 Å². The topological polar surface area (TPSA) is 93.4 Å². The monoisotopic (exact) mass is 463 g/mol. The maximum absolute atomic E-state index is 13.2. The smallest absolute Gasteiger partial charge is 0.259 e. The highest BCUT2D eigenvalue weighted by Crippen LogP contribution is 2.37. The number of halogens is 1. The number of nitriles is 1. The number of hydrogen-bond acceptors (Lipinski definition) is 5. The van der Waals surface area contributed by atoms with Crippen molar-refractivity contribution in [3.63, 3.8) is 0 Å². The Hall–Kier alpha value is -3.31. The van der Waals surface area contributed by atoms with Crippen molar-refractivity contribution in [2.45, 2.75) is 24.1 Å². The van der Waals surface area contributed by atoms with Crippen molar-refractivity contribution in [2.24, 2.45) is 0 Å². The molecule has 1 aliphatic heterocycles. The van der Waals surface area contributed by atoms with E-state index in [1.54, 1.807) is 30.3 Å². The molecule has 1 atom stereocenters. The van der Waals surface area contributed by atoms with E-state index in [-0.39, 0.29) is 23.6 Å². The maximum Gasteiger partial charge on any atom is 0.259 e. The number of aliphatic hydroxyl groups excluding tert-OH is 1. The number of amides is 2. The molecule has 32 heavy (non-hydrogen) atoms. The van der Waals surface area contributed by atoms with E-state index in [1.165, 1.54) is 11.0 Å². The molecule has 2 amide bonds. The number of carbonyl (C=O) groups is 2. The van der Waals surface area contributed by atoms with Gasteiger partial charge >= 0.3 is 0 Å². The van der Waals surface area contributed by atoms with E-state index in [9.17, 15) is 14.7 Å². The van der Waals surface area contributed by atoms with Gasteiger partial charge in [0.25, 0.3) is 11.8 Å². The fourth-order valence-electron chi connectivity index (χ4n) is 3.64. The van der Waals surface area contributed by atoms with Crippen LogP contribution in [0.2, 0.25) is 5.02 Å². The lowest BCUT2D eigenvalue weighted by molar-refractivity contribution is 0.0137. The van der Waals surface area contributed by atoms with Crippen LogP contribution in [-0.2, 0) is 13.0 Å². The highest BCUT2D eigenvalue weighted by Gasteiger charge is 2.37. The lowest BCUT2D eigenvalue weighted by atomic mass is 10.1. The van der Waals surface area contributed by atoms with Crippen LogP contribution in [0.1, 0.15) is 43.6 Å². The normalized spacial score (nSPS) is 14.8. The number of nitrogens with zero attached hydrogens (tertiary/aromatic N) is 2. The van der Waals surface area contributed by atoms with Crippen LogP contribution >= 0.6 is 24.2 Å². The van der Waals surface area contributed by atoms with Crippen molar-refractivity contribution in [1.29, 1.82) is 5.26 Å². The predicted octanol–water partition coefficient (Wildman–Crippen LogP) is 4.59. The Balaban J connectivity index is 1.59. The quantitative estimate of drug-likeness (QED) is 0.482. The van der Waals surface area contributed by atoms with Crippen molar-refractivity contribution >= 4 is 41.7 Å². The molecule has 0 radical (unpaired) electrons. The Kier molecular flexibility index (Phi) is 6.19. The lowest BCUT2D eigenvalue weighted by Gasteiger charge is -2.21. The number of hydrogen-bond donors (Lipinski definition) is 3. The summed E-state index contributed by atoms with van der Waals surface area (Å²) in [5.74, 6) is -0.846. The first-order chi connectivity index (χ1) is 15.4. The van der Waals surface area contributed by atoms with Crippen LogP contribution in [0.15, 0.2) is 65.6 Å². The summed E-state index contributed by atoms with van der Waals surface area (Å²) in [6.45, 7) is 0.185. The zero-order valence-corrected chi connectivity index (χ0v) is 18.4. The molecule has 0 aliphatic carbocycles. The molecule has 1 aliphatic rings. The Labute approximate surface area is 195 Å². The number of carbonyl (C=O) groups excluding carboxylic acids is 2. The van der Waals surface area contributed by atoms with Gasteiger partial charge in [0.2, 0.25) is 0 Å². The molecule has 8 heteroatoms. The van der Waals surface area contributed by atoms with Crippen molar-refractivity contribution in [3.05, 3.63) is 93.5 Å². The zero-order chi connectivity index (χ0) is 22.8. The predicted molar refractivity (Wildman–Crippen MR) is 124 cm³/mol. The molecule has 0 saturated heterocycles. The fourth-order valence-corrected chi connectivity index (χ4v) is 4.05. The number of thiol groups is 1. The summed E-state index contributed by atoms with van der Waals surface area (Å²) in [4.78, 5) is 27.8. The first-order valence-electron chi connectivity index (χ1n) is 9.75. The first-order valence-corrected chi connectivity index (χ1v) is 10.6. The third-order valence-corrected chi connectivity index (χ3v) is 5.88. The van der Waals surface area contributed by atoms with Crippen molar-refractivity contribution in [3.8, 4) is 6.07 Å². The average Bonchev–Trinajstić information content (AvgIpc) is 3.02. The summed E-state index contributed by atoms with van der Waals surface area (Å²) in [7, 11) is 0.